The largest absolute Gasteiger partial charge is 0.481 e. The fourth-order valence-electron chi connectivity index (χ4n) is 3.60. The summed E-state index contributed by atoms with van der Waals surface area (Å²) in [6.07, 6.45) is 2.56. The molecule has 1 aliphatic carbocycles. The lowest BCUT2D eigenvalue weighted by Crippen LogP contribution is -2.42. The molecule has 3 rings (SSSR count). The average Bonchev–Trinajstić information content (AvgIpc) is 2.89. The van der Waals surface area contributed by atoms with Gasteiger partial charge < -0.3 is 9.84 Å². The maximum Gasteiger partial charge on any atom is 0.311 e. The van der Waals surface area contributed by atoms with Crippen molar-refractivity contribution in [3.8, 4) is 0 Å². The number of carboxylic acid groups (broad SMARTS) is 1. The third-order valence-corrected chi connectivity index (χ3v) is 5.32. The second-order valence-corrected chi connectivity index (χ2v) is 6.56. The zero-order chi connectivity index (χ0) is 15.2. The molecule has 116 valence electrons. The van der Waals surface area contributed by atoms with Gasteiger partial charge in [-0.3, -0.25) is 4.79 Å². The first kappa shape index (κ1) is 14.4. The maximum absolute atomic E-state index is 11.5. The van der Waals surface area contributed by atoms with E-state index in [1.807, 2.05) is 6.92 Å². The van der Waals surface area contributed by atoms with Crippen LogP contribution in [0, 0.1) is 11.3 Å². The van der Waals surface area contributed by atoms with Crippen molar-refractivity contribution in [1.82, 2.24) is 20.2 Å². The van der Waals surface area contributed by atoms with Crippen LogP contribution in [0.2, 0.25) is 0 Å². The monoisotopic (exact) mass is 294 g/mol. The van der Waals surface area contributed by atoms with E-state index in [-0.39, 0.29) is 18.1 Å². The number of hydrogen-bond acceptors (Lipinski definition) is 5. The van der Waals surface area contributed by atoms with E-state index >= 15 is 0 Å². The van der Waals surface area contributed by atoms with Crippen LogP contribution in [0.4, 0.5) is 0 Å². The number of tetrazole rings is 1. The van der Waals surface area contributed by atoms with Gasteiger partial charge in [0.15, 0.2) is 5.82 Å². The Morgan fingerprint density at radius 2 is 2.10 bits per heavy atom. The minimum absolute atomic E-state index is 0.0434. The standard InChI is InChI=1S/C14H22N4O3/c1-8-9(2)21-10(3)11(8)12-15-16-17-18(12)7-14(13(19)20)5-4-6-14/h8-11H,4-7H2,1-3H3,(H,19,20). The zero-order valence-corrected chi connectivity index (χ0v) is 12.7. The molecule has 0 spiro atoms. The molecule has 2 aliphatic rings. The van der Waals surface area contributed by atoms with Crippen LogP contribution in [0.25, 0.3) is 0 Å². The Morgan fingerprint density at radius 3 is 2.57 bits per heavy atom. The number of rotatable bonds is 4. The van der Waals surface area contributed by atoms with E-state index in [4.69, 9.17) is 4.74 Å². The summed E-state index contributed by atoms with van der Waals surface area (Å²) >= 11 is 0. The molecule has 1 N–H and O–H groups in total. The third-order valence-electron chi connectivity index (χ3n) is 5.32. The summed E-state index contributed by atoms with van der Waals surface area (Å²) in [7, 11) is 0. The molecule has 21 heavy (non-hydrogen) atoms. The smallest absolute Gasteiger partial charge is 0.311 e. The molecule has 1 aromatic rings. The molecule has 1 saturated heterocycles. The number of nitrogens with zero attached hydrogens (tertiary/aromatic N) is 4. The van der Waals surface area contributed by atoms with Crippen molar-refractivity contribution in [2.75, 3.05) is 0 Å². The number of carbonyl (C=O) groups is 1. The summed E-state index contributed by atoms with van der Waals surface area (Å²) in [6.45, 7) is 6.57. The molecule has 4 unspecified atom stereocenters. The Kier molecular flexibility index (Phi) is 3.47. The van der Waals surface area contributed by atoms with Gasteiger partial charge in [-0.25, -0.2) is 4.68 Å². The maximum atomic E-state index is 11.5. The summed E-state index contributed by atoms with van der Waals surface area (Å²) in [5.74, 6) is 0.437. The van der Waals surface area contributed by atoms with E-state index in [9.17, 15) is 9.90 Å². The molecule has 0 amide bonds. The highest BCUT2D eigenvalue weighted by atomic mass is 16.5. The van der Waals surface area contributed by atoms with Gasteiger partial charge in [0.05, 0.1) is 30.1 Å². The van der Waals surface area contributed by atoms with Gasteiger partial charge in [-0.2, -0.15) is 0 Å². The SMILES string of the molecule is CC1OC(C)C(c2nnnn2CC2(C(=O)O)CCC2)C1C. The second kappa shape index (κ2) is 5.05. The topological polar surface area (TPSA) is 90.1 Å². The molecular weight excluding hydrogens is 272 g/mol. The first-order valence-electron chi connectivity index (χ1n) is 7.59. The number of carboxylic acids is 1. The van der Waals surface area contributed by atoms with Crippen molar-refractivity contribution in [2.24, 2.45) is 11.3 Å². The predicted octanol–water partition coefficient (Wildman–Crippen LogP) is 1.45. The molecule has 7 nitrogen and oxygen atoms in total. The van der Waals surface area contributed by atoms with Crippen molar-refractivity contribution >= 4 is 5.97 Å². The molecule has 4 atom stereocenters. The van der Waals surface area contributed by atoms with E-state index < -0.39 is 11.4 Å². The van der Waals surface area contributed by atoms with Gasteiger partial charge in [-0.1, -0.05) is 13.3 Å². The number of hydrogen-bond donors (Lipinski definition) is 1. The van der Waals surface area contributed by atoms with Crippen LogP contribution in [-0.2, 0) is 16.1 Å². The number of aliphatic carboxylic acids is 1. The molecule has 7 heteroatoms. The number of aromatic nitrogens is 4. The van der Waals surface area contributed by atoms with Gasteiger partial charge in [-0.15, -0.1) is 5.10 Å². The molecule has 2 heterocycles. The van der Waals surface area contributed by atoms with E-state index in [0.29, 0.717) is 25.3 Å². The Labute approximate surface area is 123 Å². The molecule has 0 radical (unpaired) electrons. The molecular formula is C14H22N4O3. The van der Waals surface area contributed by atoms with E-state index in [2.05, 4.69) is 29.4 Å². The Morgan fingerprint density at radius 1 is 1.38 bits per heavy atom. The van der Waals surface area contributed by atoms with Gasteiger partial charge in [0.2, 0.25) is 0 Å². The Balaban J connectivity index is 1.86. The Hall–Kier alpha value is -1.50. The van der Waals surface area contributed by atoms with E-state index in [1.165, 1.54) is 0 Å². The van der Waals surface area contributed by atoms with Crippen LogP contribution in [0.15, 0.2) is 0 Å². The van der Waals surface area contributed by atoms with Crippen molar-refractivity contribution in [3.63, 3.8) is 0 Å². The highest BCUT2D eigenvalue weighted by Gasteiger charge is 2.47. The second-order valence-electron chi connectivity index (χ2n) is 6.56. The van der Waals surface area contributed by atoms with Crippen LogP contribution in [0.5, 0.6) is 0 Å². The minimum atomic E-state index is -0.743. The van der Waals surface area contributed by atoms with E-state index in [1.54, 1.807) is 4.68 Å². The first-order valence-corrected chi connectivity index (χ1v) is 7.59. The van der Waals surface area contributed by atoms with Gasteiger partial charge >= 0.3 is 5.97 Å². The minimum Gasteiger partial charge on any atom is -0.481 e. The first-order chi connectivity index (χ1) is 9.94. The number of ether oxygens (including phenoxy) is 1. The molecule has 1 aromatic heterocycles. The summed E-state index contributed by atoms with van der Waals surface area (Å²) in [4.78, 5) is 11.5. The van der Waals surface area contributed by atoms with Crippen molar-refractivity contribution in [3.05, 3.63) is 5.82 Å². The van der Waals surface area contributed by atoms with Crippen LogP contribution >= 0.6 is 0 Å². The lowest BCUT2D eigenvalue weighted by Gasteiger charge is -2.37. The molecule has 1 saturated carbocycles. The zero-order valence-electron chi connectivity index (χ0n) is 12.7. The van der Waals surface area contributed by atoms with Gasteiger partial charge in [0.25, 0.3) is 0 Å². The fraction of sp³-hybridized carbons (Fsp3) is 0.857. The molecule has 0 bridgehead atoms. The molecule has 0 aromatic carbocycles. The summed E-state index contributed by atoms with van der Waals surface area (Å²) < 4.78 is 7.54. The Bertz CT molecular complexity index is 540. The van der Waals surface area contributed by atoms with Crippen LogP contribution in [0.3, 0.4) is 0 Å². The summed E-state index contributed by atoms with van der Waals surface area (Å²) in [5, 5.41) is 21.5. The van der Waals surface area contributed by atoms with Crippen LogP contribution < -0.4 is 0 Å². The highest BCUT2D eigenvalue weighted by Crippen LogP contribution is 2.44. The van der Waals surface area contributed by atoms with Crippen LogP contribution in [-0.4, -0.2) is 43.5 Å². The van der Waals surface area contributed by atoms with Gasteiger partial charge in [0, 0.05) is 0 Å². The fourth-order valence-corrected chi connectivity index (χ4v) is 3.60. The lowest BCUT2D eigenvalue weighted by molar-refractivity contribution is -0.156. The van der Waals surface area contributed by atoms with Crippen LogP contribution in [0.1, 0.15) is 51.8 Å². The average molecular weight is 294 g/mol. The van der Waals surface area contributed by atoms with Crippen molar-refractivity contribution in [1.29, 1.82) is 0 Å². The highest BCUT2D eigenvalue weighted by molar-refractivity contribution is 5.75. The van der Waals surface area contributed by atoms with E-state index in [0.717, 1.165) is 12.2 Å². The normalized spacial score (nSPS) is 34.6. The summed E-state index contributed by atoms with van der Waals surface area (Å²) in [6, 6.07) is 0. The molecule has 2 fully saturated rings. The summed E-state index contributed by atoms with van der Waals surface area (Å²) in [5.41, 5.74) is -0.693. The van der Waals surface area contributed by atoms with Gasteiger partial charge in [0.1, 0.15) is 0 Å². The molecule has 1 aliphatic heterocycles. The quantitative estimate of drug-likeness (QED) is 0.904. The van der Waals surface area contributed by atoms with Gasteiger partial charge in [-0.05, 0) is 43.0 Å². The van der Waals surface area contributed by atoms with Crippen molar-refractivity contribution in [2.45, 2.75) is 64.7 Å². The predicted molar refractivity (Wildman–Crippen MR) is 73.7 cm³/mol. The van der Waals surface area contributed by atoms with Crippen molar-refractivity contribution < 1.29 is 14.6 Å². The lowest BCUT2D eigenvalue weighted by atomic mass is 9.68. The third kappa shape index (κ3) is 2.23.